The largest absolute Gasteiger partial charge is 0.457 e. The first-order valence-electron chi connectivity index (χ1n) is 6.21. The van der Waals surface area contributed by atoms with E-state index in [0.29, 0.717) is 5.56 Å². The Labute approximate surface area is 113 Å². The normalized spacial score (nSPS) is 10.6. The standard InChI is InChI=1S/C17H16O2/c1-3-6-15-7-4-5-8-17(15)19-16-11-9-14(10-12-16)13(2)18/h3-12H,1-2H3. The van der Waals surface area contributed by atoms with Gasteiger partial charge in [0.05, 0.1) is 0 Å². The molecule has 2 nitrogen and oxygen atoms in total. The monoisotopic (exact) mass is 252 g/mol. The van der Waals surface area contributed by atoms with Gasteiger partial charge in [-0.05, 0) is 44.2 Å². The van der Waals surface area contributed by atoms with Crippen LogP contribution in [-0.2, 0) is 0 Å². The number of hydrogen-bond donors (Lipinski definition) is 0. The molecule has 0 unspecified atom stereocenters. The molecular formula is C17H16O2. The van der Waals surface area contributed by atoms with E-state index >= 15 is 0 Å². The lowest BCUT2D eigenvalue weighted by Crippen LogP contribution is -1.92. The van der Waals surface area contributed by atoms with Crippen molar-refractivity contribution in [1.29, 1.82) is 0 Å². The number of para-hydroxylation sites is 1. The van der Waals surface area contributed by atoms with Crippen molar-refractivity contribution in [3.8, 4) is 11.5 Å². The highest BCUT2D eigenvalue weighted by molar-refractivity contribution is 5.94. The number of rotatable bonds is 4. The molecule has 2 aromatic carbocycles. The average Bonchev–Trinajstić information content (AvgIpc) is 2.42. The van der Waals surface area contributed by atoms with Gasteiger partial charge in [0.15, 0.2) is 5.78 Å². The number of carbonyl (C=O) groups is 1. The number of ether oxygens (including phenoxy) is 1. The summed E-state index contributed by atoms with van der Waals surface area (Å²) in [5.74, 6) is 1.58. The Balaban J connectivity index is 2.23. The minimum atomic E-state index is 0.0564. The van der Waals surface area contributed by atoms with Crippen LogP contribution in [0.2, 0.25) is 0 Å². The molecule has 0 fully saturated rings. The van der Waals surface area contributed by atoms with Gasteiger partial charge in [0.25, 0.3) is 0 Å². The SMILES string of the molecule is CC=Cc1ccccc1Oc1ccc(C(C)=O)cc1. The minimum absolute atomic E-state index is 0.0564. The summed E-state index contributed by atoms with van der Waals surface area (Å²) >= 11 is 0. The fraction of sp³-hybridized carbons (Fsp3) is 0.118. The Morgan fingerprint density at radius 3 is 2.37 bits per heavy atom. The molecule has 0 aliphatic heterocycles. The molecule has 2 aromatic rings. The fourth-order valence-electron chi connectivity index (χ4n) is 1.78. The van der Waals surface area contributed by atoms with Gasteiger partial charge in [0, 0.05) is 11.1 Å². The summed E-state index contributed by atoms with van der Waals surface area (Å²) in [6.45, 7) is 3.52. The van der Waals surface area contributed by atoms with Crippen molar-refractivity contribution >= 4 is 11.9 Å². The van der Waals surface area contributed by atoms with E-state index in [9.17, 15) is 4.79 Å². The molecule has 0 saturated heterocycles. The van der Waals surface area contributed by atoms with Crippen LogP contribution in [-0.4, -0.2) is 5.78 Å². The van der Waals surface area contributed by atoms with Crippen LogP contribution in [0.3, 0.4) is 0 Å². The van der Waals surface area contributed by atoms with Crippen LogP contribution >= 0.6 is 0 Å². The van der Waals surface area contributed by atoms with Crippen LogP contribution < -0.4 is 4.74 Å². The van der Waals surface area contributed by atoms with E-state index in [4.69, 9.17) is 4.74 Å². The third kappa shape index (κ3) is 3.32. The van der Waals surface area contributed by atoms with Gasteiger partial charge in [0.1, 0.15) is 11.5 Å². The molecule has 96 valence electrons. The van der Waals surface area contributed by atoms with Gasteiger partial charge < -0.3 is 4.74 Å². The lowest BCUT2D eigenvalue weighted by molar-refractivity contribution is 0.101. The number of carbonyl (C=O) groups excluding carboxylic acids is 1. The number of hydrogen-bond acceptors (Lipinski definition) is 2. The molecule has 0 amide bonds. The van der Waals surface area contributed by atoms with Crippen molar-refractivity contribution in [1.82, 2.24) is 0 Å². The van der Waals surface area contributed by atoms with Gasteiger partial charge in [-0.2, -0.15) is 0 Å². The van der Waals surface area contributed by atoms with Crippen LogP contribution in [0.25, 0.3) is 6.08 Å². The van der Waals surface area contributed by atoms with E-state index in [1.54, 1.807) is 19.1 Å². The lowest BCUT2D eigenvalue weighted by atomic mass is 10.1. The third-order valence-corrected chi connectivity index (χ3v) is 2.75. The third-order valence-electron chi connectivity index (χ3n) is 2.75. The van der Waals surface area contributed by atoms with E-state index < -0.39 is 0 Å². The molecule has 2 heteroatoms. The molecule has 0 aromatic heterocycles. The van der Waals surface area contributed by atoms with Crippen LogP contribution in [0.5, 0.6) is 11.5 Å². The molecule has 0 radical (unpaired) electrons. The summed E-state index contributed by atoms with van der Waals surface area (Å²) in [6, 6.07) is 15.0. The number of ketones is 1. The molecular weight excluding hydrogens is 236 g/mol. The first-order valence-corrected chi connectivity index (χ1v) is 6.21. The maximum absolute atomic E-state index is 11.2. The second-order valence-electron chi connectivity index (χ2n) is 4.22. The Morgan fingerprint density at radius 1 is 1.05 bits per heavy atom. The zero-order valence-electron chi connectivity index (χ0n) is 11.1. The highest BCUT2D eigenvalue weighted by Gasteiger charge is 2.03. The highest BCUT2D eigenvalue weighted by Crippen LogP contribution is 2.26. The van der Waals surface area contributed by atoms with Crippen LogP contribution in [0.15, 0.2) is 54.6 Å². The van der Waals surface area contributed by atoms with Crippen LogP contribution in [0, 0.1) is 0 Å². The van der Waals surface area contributed by atoms with Gasteiger partial charge in [-0.15, -0.1) is 0 Å². The summed E-state index contributed by atoms with van der Waals surface area (Å²) < 4.78 is 5.83. The summed E-state index contributed by atoms with van der Waals surface area (Å²) in [5, 5.41) is 0. The Morgan fingerprint density at radius 2 is 1.74 bits per heavy atom. The molecule has 0 heterocycles. The second kappa shape index (κ2) is 6.01. The maximum Gasteiger partial charge on any atom is 0.159 e. The maximum atomic E-state index is 11.2. The zero-order chi connectivity index (χ0) is 13.7. The molecule has 0 aliphatic carbocycles. The average molecular weight is 252 g/mol. The van der Waals surface area contributed by atoms with Gasteiger partial charge in [-0.25, -0.2) is 0 Å². The minimum Gasteiger partial charge on any atom is -0.457 e. The van der Waals surface area contributed by atoms with Crippen molar-refractivity contribution in [2.75, 3.05) is 0 Å². The van der Waals surface area contributed by atoms with Crippen LogP contribution in [0.4, 0.5) is 0 Å². The fourth-order valence-corrected chi connectivity index (χ4v) is 1.78. The van der Waals surface area contributed by atoms with Crippen molar-refractivity contribution in [2.24, 2.45) is 0 Å². The van der Waals surface area contributed by atoms with Crippen molar-refractivity contribution < 1.29 is 9.53 Å². The van der Waals surface area contributed by atoms with Crippen LogP contribution in [0.1, 0.15) is 29.8 Å². The molecule has 0 saturated carbocycles. The first kappa shape index (κ1) is 13.1. The van der Waals surface area contributed by atoms with E-state index in [0.717, 1.165) is 17.1 Å². The topological polar surface area (TPSA) is 26.3 Å². The first-order chi connectivity index (χ1) is 9.20. The van der Waals surface area contributed by atoms with E-state index in [1.807, 2.05) is 55.5 Å². The van der Waals surface area contributed by atoms with E-state index in [1.165, 1.54) is 0 Å². The van der Waals surface area contributed by atoms with Gasteiger partial charge in [-0.1, -0.05) is 30.4 Å². The van der Waals surface area contributed by atoms with Gasteiger partial charge in [0.2, 0.25) is 0 Å². The summed E-state index contributed by atoms with van der Waals surface area (Å²) in [4.78, 5) is 11.2. The predicted molar refractivity (Wildman–Crippen MR) is 77.7 cm³/mol. The van der Waals surface area contributed by atoms with Gasteiger partial charge in [-0.3, -0.25) is 4.79 Å². The smallest absolute Gasteiger partial charge is 0.159 e. The predicted octanol–water partition coefficient (Wildman–Crippen LogP) is 4.71. The summed E-state index contributed by atoms with van der Waals surface area (Å²) in [6.07, 6.45) is 3.97. The molecule has 0 atom stereocenters. The van der Waals surface area contributed by atoms with Crippen molar-refractivity contribution in [2.45, 2.75) is 13.8 Å². The Bertz CT molecular complexity index is 595. The molecule has 0 spiro atoms. The highest BCUT2D eigenvalue weighted by atomic mass is 16.5. The molecule has 2 rings (SSSR count). The zero-order valence-corrected chi connectivity index (χ0v) is 11.1. The van der Waals surface area contributed by atoms with Crippen molar-refractivity contribution in [3.05, 3.63) is 65.7 Å². The quantitative estimate of drug-likeness (QED) is 0.736. The second-order valence-corrected chi connectivity index (χ2v) is 4.22. The lowest BCUT2D eigenvalue weighted by Gasteiger charge is -2.09. The Hall–Kier alpha value is -2.35. The number of benzene rings is 2. The number of Topliss-reactive ketones (excluding diaryl/α,β-unsaturated/α-hetero) is 1. The van der Waals surface area contributed by atoms with Gasteiger partial charge >= 0.3 is 0 Å². The summed E-state index contributed by atoms with van der Waals surface area (Å²) in [7, 11) is 0. The molecule has 0 aliphatic rings. The molecule has 0 bridgehead atoms. The van der Waals surface area contributed by atoms with E-state index in [2.05, 4.69) is 0 Å². The molecule has 0 N–H and O–H groups in total. The Kier molecular flexibility index (Phi) is 4.14. The summed E-state index contributed by atoms with van der Waals surface area (Å²) in [5.41, 5.74) is 1.72. The molecule has 19 heavy (non-hydrogen) atoms. The number of allylic oxidation sites excluding steroid dienone is 1. The van der Waals surface area contributed by atoms with E-state index in [-0.39, 0.29) is 5.78 Å². The van der Waals surface area contributed by atoms with Crippen molar-refractivity contribution in [3.63, 3.8) is 0 Å².